The van der Waals surface area contributed by atoms with Crippen molar-refractivity contribution in [2.45, 2.75) is 0 Å². The first-order valence-electron chi connectivity index (χ1n) is 9.07. The number of anilines is 1. The predicted molar refractivity (Wildman–Crippen MR) is 116 cm³/mol. The van der Waals surface area contributed by atoms with Gasteiger partial charge >= 0.3 is 0 Å². The van der Waals surface area contributed by atoms with E-state index in [2.05, 4.69) is 4.98 Å². The van der Waals surface area contributed by atoms with Crippen LogP contribution < -0.4 is 14.4 Å². The van der Waals surface area contributed by atoms with Crippen LogP contribution in [-0.4, -0.2) is 62.1 Å². The number of non-ortho nitro benzene ring substituents is 1. The second kappa shape index (κ2) is 9.06. The minimum atomic E-state index is -0.494. The smallest absolute Gasteiger partial charge is 0.269 e. The fourth-order valence-electron chi connectivity index (χ4n) is 2.82. The zero-order valence-electron chi connectivity index (χ0n) is 17.1. The molecule has 1 aromatic heterocycles. The van der Waals surface area contributed by atoms with Gasteiger partial charge in [-0.2, -0.15) is 0 Å². The highest BCUT2D eigenvalue weighted by Crippen LogP contribution is 2.37. The van der Waals surface area contributed by atoms with Crippen LogP contribution in [-0.2, 0) is 0 Å². The maximum absolute atomic E-state index is 13.2. The summed E-state index contributed by atoms with van der Waals surface area (Å²) in [5, 5.41) is 11.4. The van der Waals surface area contributed by atoms with Crippen molar-refractivity contribution in [3.63, 3.8) is 0 Å². The quantitative estimate of drug-likeness (QED) is 0.399. The van der Waals surface area contributed by atoms with Crippen molar-refractivity contribution in [2.24, 2.45) is 0 Å². The number of ether oxygens (including phenoxy) is 2. The number of amides is 1. The third-order valence-electron chi connectivity index (χ3n) is 4.45. The Kier molecular flexibility index (Phi) is 6.48. The Balaban J connectivity index is 2.00. The molecule has 0 saturated heterocycles. The van der Waals surface area contributed by atoms with Gasteiger partial charge in [-0.1, -0.05) is 11.3 Å². The third-order valence-corrected chi connectivity index (χ3v) is 5.50. The lowest BCUT2D eigenvalue weighted by Gasteiger charge is -2.22. The molecule has 1 heterocycles. The Bertz CT molecular complexity index is 1020. The number of carbonyl (C=O) groups excluding carboxylic acids is 1. The number of nitrogens with zero attached hydrogens (tertiary/aromatic N) is 4. The van der Waals surface area contributed by atoms with Gasteiger partial charge in [0.05, 0.1) is 29.4 Å². The first-order valence-corrected chi connectivity index (χ1v) is 9.89. The summed E-state index contributed by atoms with van der Waals surface area (Å²) in [6.07, 6.45) is 0. The molecular formula is C20H22N4O5S. The van der Waals surface area contributed by atoms with Crippen LogP contribution in [0.15, 0.2) is 36.4 Å². The van der Waals surface area contributed by atoms with Crippen LogP contribution in [0.3, 0.4) is 0 Å². The van der Waals surface area contributed by atoms with E-state index in [-0.39, 0.29) is 11.6 Å². The van der Waals surface area contributed by atoms with Gasteiger partial charge in [0, 0.05) is 42.9 Å². The number of methoxy groups -OCH3 is 2. The van der Waals surface area contributed by atoms with E-state index in [1.807, 2.05) is 25.1 Å². The predicted octanol–water partition coefficient (Wildman–Crippen LogP) is 3.43. The number of nitro groups is 1. The summed E-state index contributed by atoms with van der Waals surface area (Å²) in [5.74, 6) is 0.870. The van der Waals surface area contributed by atoms with Crippen LogP contribution in [0, 0.1) is 10.1 Å². The van der Waals surface area contributed by atoms with E-state index >= 15 is 0 Å². The zero-order chi connectivity index (χ0) is 21.8. The molecule has 0 atom stereocenters. The Morgan fingerprint density at radius 1 is 1.10 bits per heavy atom. The highest BCUT2D eigenvalue weighted by Gasteiger charge is 2.23. The summed E-state index contributed by atoms with van der Waals surface area (Å²) >= 11 is 1.37. The van der Waals surface area contributed by atoms with E-state index in [1.54, 1.807) is 25.2 Å². The normalized spacial score (nSPS) is 11.0. The van der Waals surface area contributed by atoms with Crippen LogP contribution in [0.4, 0.5) is 10.8 Å². The molecule has 0 bridgehead atoms. The average Bonchev–Trinajstić information content (AvgIpc) is 3.14. The monoisotopic (exact) mass is 430 g/mol. The lowest BCUT2D eigenvalue weighted by Crippen LogP contribution is -2.36. The number of fused-ring (bicyclic) bond motifs is 1. The highest BCUT2D eigenvalue weighted by atomic mass is 32.1. The summed E-state index contributed by atoms with van der Waals surface area (Å²) in [6, 6.07) is 9.17. The number of rotatable bonds is 8. The van der Waals surface area contributed by atoms with E-state index in [4.69, 9.17) is 9.47 Å². The third kappa shape index (κ3) is 4.50. The molecule has 0 N–H and O–H groups in total. The van der Waals surface area contributed by atoms with Crippen molar-refractivity contribution in [2.75, 3.05) is 46.3 Å². The first kappa shape index (κ1) is 21.5. The molecule has 10 heteroatoms. The largest absolute Gasteiger partial charge is 0.493 e. The molecule has 0 unspecified atom stereocenters. The zero-order valence-corrected chi connectivity index (χ0v) is 17.9. The summed E-state index contributed by atoms with van der Waals surface area (Å²) < 4.78 is 11.5. The summed E-state index contributed by atoms with van der Waals surface area (Å²) in [4.78, 5) is 31.8. The van der Waals surface area contributed by atoms with Gasteiger partial charge in [0.25, 0.3) is 11.6 Å². The highest BCUT2D eigenvalue weighted by molar-refractivity contribution is 7.22. The van der Waals surface area contributed by atoms with Gasteiger partial charge in [-0.3, -0.25) is 19.8 Å². The maximum Gasteiger partial charge on any atom is 0.269 e. The maximum atomic E-state index is 13.2. The summed E-state index contributed by atoms with van der Waals surface area (Å²) in [7, 11) is 6.96. The first-order chi connectivity index (χ1) is 14.3. The SMILES string of the molecule is COc1cc2nc(N(CCN(C)C)C(=O)c3ccc([N+](=O)[O-])cc3)sc2cc1OC. The molecule has 3 rings (SSSR count). The summed E-state index contributed by atoms with van der Waals surface area (Å²) in [6.45, 7) is 1.04. The number of thiazole rings is 1. The molecule has 30 heavy (non-hydrogen) atoms. The van der Waals surface area contributed by atoms with Crippen LogP contribution in [0.2, 0.25) is 0 Å². The fourth-order valence-corrected chi connectivity index (χ4v) is 3.82. The molecule has 2 aromatic carbocycles. The Morgan fingerprint density at radius 2 is 1.73 bits per heavy atom. The van der Waals surface area contributed by atoms with Crippen molar-refractivity contribution in [3.8, 4) is 11.5 Å². The number of aromatic nitrogens is 1. The molecule has 0 aliphatic carbocycles. The molecule has 1 amide bonds. The number of hydrogen-bond acceptors (Lipinski definition) is 8. The molecule has 9 nitrogen and oxygen atoms in total. The van der Waals surface area contributed by atoms with Gasteiger partial charge in [0.1, 0.15) is 0 Å². The molecule has 0 saturated carbocycles. The van der Waals surface area contributed by atoms with Crippen LogP contribution in [0.5, 0.6) is 11.5 Å². The van der Waals surface area contributed by atoms with Gasteiger partial charge in [-0.25, -0.2) is 4.98 Å². The van der Waals surface area contributed by atoms with Crippen LogP contribution in [0.25, 0.3) is 10.2 Å². The van der Waals surface area contributed by atoms with Crippen molar-refractivity contribution in [3.05, 3.63) is 52.1 Å². The van der Waals surface area contributed by atoms with Crippen molar-refractivity contribution in [1.29, 1.82) is 0 Å². The second-order valence-electron chi connectivity index (χ2n) is 6.74. The van der Waals surface area contributed by atoms with E-state index in [0.717, 1.165) is 4.70 Å². The van der Waals surface area contributed by atoms with Crippen molar-refractivity contribution >= 4 is 38.3 Å². The minimum Gasteiger partial charge on any atom is -0.493 e. The van der Waals surface area contributed by atoms with Gasteiger partial charge in [-0.15, -0.1) is 0 Å². The van der Waals surface area contributed by atoms with E-state index in [9.17, 15) is 14.9 Å². The molecule has 158 valence electrons. The topological polar surface area (TPSA) is 98.0 Å². The van der Waals surface area contributed by atoms with Gasteiger partial charge in [0.15, 0.2) is 16.6 Å². The summed E-state index contributed by atoms with van der Waals surface area (Å²) in [5.41, 5.74) is 0.985. The number of hydrogen-bond donors (Lipinski definition) is 0. The van der Waals surface area contributed by atoms with Crippen molar-refractivity contribution in [1.82, 2.24) is 9.88 Å². The van der Waals surface area contributed by atoms with Gasteiger partial charge in [-0.05, 0) is 26.2 Å². The average molecular weight is 430 g/mol. The second-order valence-corrected chi connectivity index (χ2v) is 7.74. The molecule has 0 spiro atoms. The Hall–Kier alpha value is -3.24. The van der Waals surface area contributed by atoms with E-state index < -0.39 is 4.92 Å². The van der Waals surface area contributed by atoms with E-state index in [0.29, 0.717) is 40.8 Å². The lowest BCUT2D eigenvalue weighted by atomic mass is 10.2. The van der Waals surface area contributed by atoms with Crippen molar-refractivity contribution < 1.29 is 19.2 Å². The fraction of sp³-hybridized carbons (Fsp3) is 0.300. The molecule has 0 radical (unpaired) electrons. The lowest BCUT2D eigenvalue weighted by molar-refractivity contribution is -0.384. The van der Waals surface area contributed by atoms with E-state index in [1.165, 1.54) is 35.6 Å². The Morgan fingerprint density at radius 3 is 2.30 bits per heavy atom. The molecule has 0 aliphatic rings. The van der Waals surface area contributed by atoms with Crippen LogP contribution >= 0.6 is 11.3 Å². The van der Waals surface area contributed by atoms with Crippen LogP contribution in [0.1, 0.15) is 10.4 Å². The molecule has 3 aromatic rings. The number of carbonyl (C=O) groups is 1. The standard InChI is InChI=1S/C20H22N4O5S/c1-22(2)9-10-23(19(25)13-5-7-14(8-6-13)24(26)27)20-21-15-11-16(28-3)17(29-4)12-18(15)30-20/h5-8,11-12H,9-10H2,1-4H3. The molecular weight excluding hydrogens is 408 g/mol. The number of likely N-dealkylation sites (N-methyl/N-ethyl adjacent to an activating group) is 1. The van der Waals surface area contributed by atoms with Gasteiger partial charge in [0.2, 0.25) is 0 Å². The number of benzene rings is 2. The number of nitro benzene ring substituents is 1. The van der Waals surface area contributed by atoms with Gasteiger partial charge < -0.3 is 14.4 Å². The minimum absolute atomic E-state index is 0.0643. The molecule has 0 aliphatic heterocycles. The molecule has 0 fully saturated rings. The Labute approximate surface area is 177 Å².